The van der Waals surface area contributed by atoms with Crippen molar-refractivity contribution < 1.29 is 27.5 Å². The molecule has 0 saturated carbocycles. The van der Waals surface area contributed by atoms with Crippen molar-refractivity contribution in [3.8, 4) is 5.75 Å². The maximum Gasteiger partial charge on any atom is 0.416 e. The Morgan fingerprint density at radius 3 is 2.41 bits per heavy atom. The minimum absolute atomic E-state index is 0.0572. The van der Waals surface area contributed by atoms with E-state index in [0.717, 1.165) is 56.8 Å². The summed E-state index contributed by atoms with van der Waals surface area (Å²) in [6.07, 6.45) is -1.68. The molecule has 2 fully saturated rings. The van der Waals surface area contributed by atoms with E-state index in [1.54, 1.807) is 7.11 Å². The van der Waals surface area contributed by atoms with Crippen LogP contribution in [0.3, 0.4) is 0 Å². The van der Waals surface area contributed by atoms with Gasteiger partial charge in [-0.15, -0.1) is 0 Å². The Morgan fingerprint density at radius 1 is 1.05 bits per heavy atom. The molecular formula is C26H30F3IN4O3. The van der Waals surface area contributed by atoms with E-state index < -0.39 is 17.6 Å². The van der Waals surface area contributed by atoms with E-state index in [9.17, 15) is 22.8 Å². The third kappa shape index (κ3) is 6.86. The largest absolute Gasteiger partial charge is 0.497 e. The number of hydrogen-bond donors (Lipinski definition) is 2. The Labute approximate surface area is 227 Å². The molecule has 37 heavy (non-hydrogen) atoms. The number of ether oxygens (including phenoxy) is 1. The summed E-state index contributed by atoms with van der Waals surface area (Å²) >= 11 is 2.37. The zero-order valence-corrected chi connectivity index (χ0v) is 22.6. The van der Waals surface area contributed by atoms with Crippen LogP contribution in [0.25, 0.3) is 0 Å². The lowest BCUT2D eigenvalue weighted by molar-refractivity contribution is -0.137. The maximum atomic E-state index is 12.9. The van der Waals surface area contributed by atoms with E-state index in [2.05, 4.69) is 55.2 Å². The smallest absolute Gasteiger partial charge is 0.416 e. The number of likely N-dealkylation sites (tertiary alicyclic amines) is 1. The van der Waals surface area contributed by atoms with Crippen LogP contribution in [0.2, 0.25) is 0 Å². The predicted molar refractivity (Wildman–Crippen MR) is 143 cm³/mol. The van der Waals surface area contributed by atoms with E-state index in [1.165, 1.54) is 17.8 Å². The minimum Gasteiger partial charge on any atom is -0.497 e. The second kappa shape index (κ2) is 11.9. The van der Waals surface area contributed by atoms with Crippen molar-refractivity contribution in [2.75, 3.05) is 38.2 Å². The second-order valence-corrected chi connectivity index (χ2v) is 10.5. The first-order valence-electron chi connectivity index (χ1n) is 12.2. The molecule has 2 aromatic rings. The van der Waals surface area contributed by atoms with Gasteiger partial charge in [-0.3, -0.25) is 14.5 Å². The molecule has 11 heteroatoms. The monoisotopic (exact) mass is 630 g/mol. The topological polar surface area (TPSA) is 73.9 Å². The third-order valence-corrected chi connectivity index (χ3v) is 8.51. The molecule has 200 valence electrons. The maximum absolute atomic E-state index is 12.9. The molecule has 2 atom stereocenters. The molecule has 0 aliphatic carbocycles. The number of anilines is 1. The van der Waals surface area contributed by atoms with Gasteiger partial charge in [-0.1, -0.05) is 28.7 Å². The zero-order valence-electron chi connectivity index (χ0n) is 20.4. The molecule has 2 heterocycles. The van der Waals surface area contributed by atoms with Gasteiger partial charge in [0.1, 0.15) is 5.75 Å². The average Bonchev–Trinajstić information content (AvgIpc) is 3.26. The SMILES string of the molecule is COc1ccc(N2CCC(N3CC[C@@H](NC(=O)CNC(=O)c4cccc(C(F)(F)F)c4)C3I)CC2)cc1. The van der Waals surface area contributed by atoms with E-state index in [0.29, 0.717) is 6.04 Å². The van der Waals surface area contributed by atoms with Gasteiger partial charge < -0.3 is 20.3 Å². The van der Waals surface area contributed by atoms with Crippen LogP contribution in [0, 0.1) is 0 Å². The molecule has 0 bridgehead atoms. The van der Waals surface area contributed by atoms with E-state index in [-0.39, 0.29) is 28.1 Å². The van der Waals surface area contributed by atoms with E-state index >= 15 is 0 Å². The molecule has 0 spiro atoms. The number of piperidine rings is 1. The summed E-state index contributed by atoms with van der Waals surface area (Å²) in [5, 5.41) is 5.40. The fourth-order valence-electron chi connectivity index (χ4n) is 4.91. The van der Waals surface area contributed by atoms with Gasteiger partial charge >= 0.3 is 6.18 Å². The summed E-state index contributed by atoms with van der Waals surface area (Å²) in [5.41, 5.74) is 0.143. The number of hydrogen-bond acceptors (Lipinski definition) is 5. The molecule has 4 rings (SSSR count). The second-order valence-electron chi connectivity index (χ2n) is 9.25. The summed E-state index contributed by atoms with van der Waals surface area (Å²) in [6.45, 7) is 2.49. The first-order valence-corrected chi connectivity index (χ1v) is 13.4. The number of nitrogens with one attached hydrogen (secondary N) is 2. The normalized spacial score (nSPS) is 21.1. The Balaban J connectivity index is 1.23. The molecular weight excluding hydrogens is 600 g/mol. The van der Waals surface area contributed by atoms with E-state index in [4.69, 9.17) is 4.74 Å². The first kappa shape index (κ1) is 27.5. The fourth-order valence-corrected chi connectivity index (χ4v) is 6.18. The van der Waals surface area contributed by atoms with Crippen molar-refractivity contribution in [2.24, 2.45) is 0 Å². The predicted octanol–water partition coefficient (Wildman–Crippen LogP) is 4.06. The number of nitrogens with zero attached hydrogens (tertiary/aromatic N) is 2. The highest BCUT2D eigenvalue weighted by Gasteiger charge is 2.38. The van der Waals surface area contributed by atoms with Crippen LogP contribution in [0.15, 0.2) is 48.5 Å². The van der Waals surface area contributed by atoms with Gasteiger partial charge in [-0.2, -0.15) is 13.2 Å². The number of carbonyl (C=O) groups excluding carboxylic acids is 2. The molecule has 2 amide bonds. The number of benzene rings is 2. The molecule has 0 radical (unpaired) electrons. The van der Waals surface area contributed by atoms with Gasteiger partial charge in [0.2, 0.25) is 5.91 Å². The van der Waals surface area contributed by atoms with Crippen LogP contribution >= 0.6 is 22.6 Å². The molecule has 2 aromatic carbocycles. The lowest BCUT2D eigenvalue weighted by Gasteiger charge is -2.39. The Kier molecular flexibility index (Phi) is 8.83. The number of alkyl halides is 4. The average molecular weight is 630 g/mol. The quantitative estimate of drug-likeness (QED) is 0.275. The van der Waals surface area contributed by atoms with Gasteiger partial charge in [0.15, 0.2) is 0 Å². The first-order chi connectivity index (χ1) is 17.7. The van der Waals surface area contributed by atoms with Gasteiger partial charge in [0.05, 0.1) is 29.3 Å². The number of rotatable bonds is 7. The highest BCUT2D eigenvalue weighted by atomic mass is 127. The van der Waals surface area contributed by atoms with Crippen molar-refractivity contribution in [1.82, 2.24) is 15.5 Å². The van der Waals surface area contributed by atoms with Crippen molar-refractivity contribution in [3.05, 3.63) is 59.7 Å². The Hall–Kier alpha value is -2.54. The summed E-state index contributed by atoms with van der Waals surface area (Å²) in [7, 11) is 1.66. The van der Waals surface area contributed by atoms with Crippen LogP contribution in [0.4, 0.5) is 18.9 Å². The highest BCUT2D eigenvalue weighted by molar-refractivity contribution is 14.1. The number of methoxy groups -OCH3 is 1. The van der Waals surface area contributed by atoms with Crippen LogP contribution in [-0.4, -0.2) is 66.1 Å². The Morgan fingerprint density at radius 2 is 1.76 bits per heavy atom. The number of amides is 2. The van der Waals surface area contributed by atoms with Gasteiger partial charge in [-0.05, 0) is 61.7 Å². The van der Waals surface area contributed by atoms with Crippen molar-refractivity contribution in [2.45, 2.75) is 41.6 Å². The summed E-state index contributed by atoms with van der Waals surface area (Å²) in [5.74, 6) is -0.237. The molecule has 7 nitrogen and oxygen atoms in total. The molecule has 2 N–H and O–H groups in total. The number of halogens is 4. The lowest BCUT2D eigenvalue weighted by atomic mass is 10.0. The Bertz CT molecular complexity index is 1090. The standard InChI is InChI=1S/C26H30F3IN4O3/c1-37-21-7-5-19(6-8-21)33-12-9-20(10-13-33)34-14-11-22(24(34)30)32-23(35)16-31-25(36)17-3-2-4-18(15-17)26(27,28)29/h2-8,15,20,22,24H,9-14,16H2,1H3,(H,31,36)(H,32,35)/t22-,24?/m1/s1. The van der Waals surface area contributed by atoms with Crippen LogP contribution in [0.1, 0.15) is 35.2 Å². The molecule has 1 unspecified atom stereocenters. The molecule has 0 aromatic heterocycles. The van der Waals surface area contributed by atoms with Crippen LogP contribution in [-0.2, 0) is 11.0 Å². The number of carbonyl (C=O) groups is 2. The van der Waals surface area contributed by atoms with Crippen LogP contribution in [0.5, 0.6) is 5.75 Å². The summed E-state index contributed by atoms with van der Waals surface area (Å²) in [6, 6.07) is 12.6. The third-order valence-electron chi connectivity index (χ3n) is 6.93. The summed E-state index contributed by atoms with van der Waals surface area (Å²) in [4.78, 5) is 29.6. The molecule has 2 aliphatic rings. The van der Waals surface area contributed by atoms with Crippen molar-refractivity contribution >= 4 is 40.1 Å². The van der Waals surface area contributed by atoms with Gasteiger partial charge in [-0.25, -0.2) is 0 Å². The highest BCUT2D eigenvalue weighted by Crippen LogP contribution is 2.32. The lowest BCUT2D eigenvalue weighted by Crippen LogP contribution is -2.50. The van der Waals surface area contributed by atoms with E-state index in [1.807, 2.05) is 12.1 Å². The van der Waals surface area contributed by atoms with Crippen LogP contribution < -0.4 is 20.3 Å². The zero-order chi connectivity index (χ0) is 26.6. The minimum atomic E-state index is -4.54. The summed E-state index contributed by atoms with van der Waals surface area (Å²) < 4.78 is 44.0. The van der Waals surface area contributed by atoms with Crippen molar-refractivity contribution in [1.29, 1.82) is 0 Å². The molecule has 2 aliphatic heterocycles. The van der Waals surface area contributed by atoms with Gasteiger partial charge in [0, 0.05) is 36.9 Å². The fraction of sp³-hybridized carbons (Fsp3) is 0.462. The van der Waals surface area contributed by atoms with Gasteiger partial charge in [0.25, 0.3) is 5.91 Å². The molecule has 2 saturated heterocycles. The van der Waals surface area contributed by atoms with Crippen molar-refractivity contribution in [3.63, 3.8) is 0 Å².